The van der Waals surface area contributed by atoms with E-state index in [0.717, 1.165) is 119 Å². The maximum atomic E-state index is 14.3. The monoisotopic (exact) mass is 865 g/mol. The second kappa shape index (κ2) is 16.2. The van der Waals surface area contributed by atoms with Crippen molar-refractivity contribution < 1.29 is 27.9 Å². The Labute approximate surface area is 362 Å². The number of morpholine rings is 1. The maximum absolute atomic E-state index is 14.3. The van der Waals surface area contributed by atoms with Gasteiger partial charge in [0.1, 0.15) is 17.4 Å². The molecule has 1 saturated carbocycles. The number of benzene rings is 1. The predicted molar refractivity (Wildman–Crippen MR) is 229 cm³/mol. The highest BCUT2D eigenvalue weighted by Crippen LogP contribution is 2.38. The number of anilines is 3. The van der Waals surface area contributed by atoms with Crippen LogP contribution >= 0.6 is 0 Å². The number of alkyl halides is 2. The van der Waals surface area contributed by atoms with Gasteiger partial charge in [-0.25, -0.2) is 18.3 Å². The van der Waals surface area contributed by atoms with Crippen molar-refractivity contribution in [2.75, 3.05) is 80.6 Å². The van der Waals surface area contributed by atoms with Crippen molar-refractivity contribution in [1.82, 2.24) is 49.3 Å². The summed E-state index contributed by atoms with van der Waals surface area (Å²) in [4.78, 5) is 52.5. The second-order valence-electron chi connectivity index (χ2n) is 18.5. The van der Waals surface area contributed by atoms with E-state index < -0.39 is 24.1 Å². The molecular formula is C44H53F2N13O4. The smallest absolute Gasteiger partial charge is 0.284 e. The van der Waals surface area contributed by atoms with E-state index >= 15 is 0 Å². The van der Waals surface area contributed by atoms with Crippen LogP contribution in [0.4, 0.5) is 26.0 Å². The van der Waals surface area contributed by atoms with Crippen molar-refractivity contribution >= 4 is 51.5 Å². The van der Waals surface area contributed by atoms with Crippen LogP contribution in [0.15, 0.2) is 42.9 Å². The molecule has 5 saturated heterocycles. The van der Waals surface area contributed by atoms with Crippen molar-refractivity contribution in [1.29, 1.82) is 0 Å². The lowest BCUT2D eigenvalue weighted by Gasteiger charge is -2.45. The summed E-state index contributed by atoms with van der Waals surface area (Å²) in [7, 11) is 0. The number of ether oxygens (including phenoxy) is 1. The number of aryl methyl sites for hydroxylation is 1. The van der Waals surface area contributed by atoms with Gasteiger partial charge in [0.25, 0.3) is 18.2 Å². The number of carbonyl (C=O) groups is 3. The Hall–Kier alpha value is -5.53. The average molecular weight is 866 g/mol. The third-order valence-electron chi connectivity index (χ3n) is 14.4. The van der Waals surface area contributed by atoms with E-state index in [4.69, 9.17) is 14.8 Å². The number of hydrogen-bond donors (Lipinski definition) is 2. The first-order valence-electron chi connectivity index (χ1n) is 22.5. The third kappa shape index (κ3) is 7.60. The molecule has 1 aromatic carbocycles. The van der Waals surface area contributed by atoms with Crippen LogP contribution in [0.3, 0.4) is 0 Å². The summed E-state index contributed by atoms with van der Waals surface area (Å²) in [5.41, 5.74) is 3.14. The SMILES string of the molecule is Cc1nn(C2CCC(=O)NC2=O)c2cccc(N3CC(CN4CCN(CC5CCC(n6cc(NC(=O)c7cnn8ccc(N9C[C@H]%10C[C@@H]9CO%10)nc78)c(C(F)F)n6)CC5)CC4)C3)c12. The van der Waals surface area contributed by atoms with E-state index in [9.17, 15) is 23.2 Å². The Balaban J connectivity index is 0.648. The van der Waals surface area contributed by atoms with Crippen LogP contribution in [0, 0.1) is 18.8 Å². The molecule has 63 heavy (non-hydrogen) atoms. The first-order valence-corrected chi connectivity index (χ1v) is 22.5. The number of piperazine rings is 1. The van der Waals surface area contributed by atoms with Gasteiger partial charge in [0.2, 0.25) is 5.91 Å². The molecule has 19 heteroatoms. The van der Waals surface area contributed by atoms with Crippen LogP contribution < -0.4 is 20.4 Å². The number of halogens is 2. The summed E-state index contributed by atoms with van der Waals surface area (Å²) in [6, 6.07) is 7.82. The van der Waals surface area contributed by atoms with Gasteiger partial charge in [0, 0.05) is 94.7 Å². The largest absolute Gasteiger partial charge is 0.374 e. The molecule has 2 bridgehead atoms. The first kappa shape index (κ1) is 40.3. The molecule has 3 atom stereocenters. The number of rotatable bonds is 11. The van der Waals surface area contributed by atoms with Gasteiger partial charge in [-0.05, 0) is 69.6 Å². The lowest BCUT2D eigenvalue weighted by Crippen LogP contribution is -2.55. The molecule has 3 amide bonds. The highest BCUT2D eigenvalue weighted by molar-refractivity contribution is 6.08. The Morgan fingerprint density at radius 3 is 2.44 bits per heavy atom. The van der Waals surface area contributed by atoms with Gasteiger partial charge in [-0.2, -0.15) is 15.3 Å². The van der Waals surface area contributed by atoms with Crippen LogP contribution in [-0.2, 0) is 14.3 Å². The van der Waals surface area contributed by atoms with Gasteiger partial charge in [-0.1, -0.05) is 6.07 Å². The molecule has 0 radical (unpaired) electrons. The predicted octanol–water partition coefficient (Wildman–Crippen LogP) is 4.21. The van der Waals surface area contributed by atoms with Gasteiger partial charge < -0.3 is 29.7 Å². The first-order chi connectivity index (χ1) is 30.6. The average Bonchev–Trinajstić information content (AvgIpc) is 4.12. The summed E-state index contributed by atoms with van der Waals surface area (Å²) < 4.78 is 39.3. The highest BCUT2D eigenvalue weighted by Gasteiger charge is 2.40. The van der Waals surface area contributed by atoms with Crippen molar-refractivity contribution in [3.63, 3.8) is 0 Å². The molecule has 6 aliphatic rings. The Morgan fingerprint density at radius 1 is 0.952 bits per heavy atom. The van der Waals surface area contributed by atoms with Gasteiger partial charge >= 0.3 is 0 Å². The Bertz CT molecular complexity index is 2550. The number of aromatic nitrogens is 7. The Kier molecular flexibility index (Phi) is 10.4. The fourth-order valence-electron chi connectivity index (χ4n) is 11.0. The minimum Gasteiger partial charge on any atom is -0.374 e. The molecule has 11 rings (SSSR count). The van der Waals surface area contributed by atoms with Crippen LogP contribution in [0.1, 0.15) is 85.2 Å². The molecule has 6 fully saturated rings. The van der Waals surface area contributed by atoms with Crippen molar-refractivity contribution in [2.24, 2.45) is 11.8 Å². The normalized spacial score (nSPS) is 26.1. The minimum atomic E-state index is -2.84. The number of fused-ring (bicyclic) bond motifs is 4. The van der Waals surface area contributed by atoms with Crippen LogP contribution in [0.2, 0.25) is 0 Å². The summed E-state index contributed by atoms with van der Waals surface area (Å²) in [5.74, 6) is 0.794. The lowest BCUT2D eigenvalue weighted by molar-refractivity contribution is -0.135. The summed E-state index contributed by atoms with van der Waals surface area (Å²) in [5, 5.41) is 19.6. The Morgan fingerprint density at radius 2 is 1.73 bits per heavy atom. The molecule has 5 aliphatic heterocycles. The summed E-state index contributed by atoms with van der Waals surface area (Å²) in [6.07, 6.45) is 7.50. The van der Waals surface area contributed by atoms with Gasteiger partial charge in [-0.15, -0.1) is 0 Å². The summed E-state index contributed by atoms with van der Waals surface area (Å²) >= 11 is 0. The maximum Gasteiger partial charge on any atom is 0.284 e. The molecule has 4 aromatic heterocycles. The number of nitrogens with one attached hydrogen (secondary N) is 2. The second-order valence-corrected chi connectivity index (χ2v) is 18.5. The quantitative estimate of drug-likeness (QED) is 0.182. The number of hydrogen-bond acceptors (Lipinski definition) is 12. The van der Waals surface area contributed by atoms with E-state index in [1.807, 2.05) is 25.1 Å². The molecular weight excluding hydrogens is 813 g/mol. The van der Waals surface area contributed by atoms with Crippen LogP contribution in [-0.4, -0.2) is 139 Å². The van der Waals surface area contributed by atoms with E-state index in [1.54, 1.807) is 21.8 Å². The number of amides is 3. The fourth-order valence-corrected chi connectivity index (χ4v) is 11.0. The molecule has 332 valence electrons. The molecule has 0 spiro atoms. The molecule has 1 aliphatic carbocycles. The summed E-state index contributed by atoms with van der Waals surface area (Å²) in [6.45, 7) is 11.6. The molecule has 9 heterocycles. The topological polar surface area (TPSA) is 163 Å². The van der Waals surface area contributed by atoms with E-state index in [-0.39, 0.29) is 41.3 Å². The van der Waals surface area contributed by atoms with Crippen molar-refractivity contribution in [3.8, 4) is 0 Å². The highest BCUT2D eigenvalue weighted by atomic mass is 19.3. The third-order valence-corrected chi connectivity index (χ3v) is 14.4. The molecule has 1 unspecified atom stereocenters. The zero-order valence-corrected chi connectivity index (χ0v) is 35.4. The van der Waals surface area contributed by atoms with Crippen LogP contribution in [0.25, 0.3) is 16.6 Å². The minimum absolute atomic E-state index is 0.0123. The van der Waals surface area contributed by atoms with Crippen molar-refractivity contribution in [3.05, 3.63) is 59.8 Å². The van der Waals surface area contributed by atoms with Gasteiger partial charge in [0.05, 0.1) is 47.9 Å². The lowest BCUT2D eigenvalue weighted by atomic mass is 9.85. The fraction of sp³-hybridized carbons (Fsp3) is 0.568. The van der Waals surface area contributed by atoms with E-state index in [0.29, 0.717) is 36.9 Å². The number of piperidine rings is 1. The number of imide groups is 1. The van der Waals surface area contributed by atoms with Gasteiger partial charge in [-0.3, -0.25) is 29.1 Å². The van der Waals surface area contributed by atoms with Crippen LogP contribution in [0.5, 0.6) is 0 Å². The van der Waals surface area contributed by atoms with E-state index in [1.165, 1.54) is 10.7 Å². The van der Waals surface area contributed by atoms with Crippen molar-refractivity contribution in [2.45, 2.75) is 82.5 Å². The van der Waals surface area contributed by atoms with E-state index in [2.05, 4.69) is 46.5 Å². The zero-order valence-electron chi connectivity index (χ0n) is 35.4. The van der Waals surface area contributed by atoms with Gasteiger partial charge in [0.15, 0.2) is 11.3 Å². The molecule has 2 N–H and O–H groups in total. The zero-order chi connectivity index (χ0) is 42.9. The molecule has 17 nitrogen and oxygen atoms in total. The standard InChI is InChI=1S/C44H53F2N13O4/c1-26-39-34(3-2-4-35(39)59(51-26)36-9-10-38(60)50-44(36)62)55-21-28(22-55)20-54-15-13-53(14-16-54)19-27-5-7-29(8-6-27)58-24-33(40(52-58)41(45)46)48-43(61)32-18-47-57-12-11-37(49-42(32)57)56-23-31-17-30(56)25-63-31/h2-4,11-12,18,24,27-31,36,41H,5-10,13-17,19-23,25H2,1H3,(H,48,61)(H,50,60,62)/t27?,29?,30-,31-,36?/m1/s1. The molecule has 5 aromatic rings. The number of nitrogens with zero attached hydrogens (tertiary/aromatic N) is 11. The number of carbonyl (C=O) groups excluding carboxylic acids is 3.